The van der Waals surface area contributed by atoms with Gasteiger partial charge in [0.1, 0.15) is 11.4 Å². The first kappa shape index (κ1) is 20.8. The monoisotopic (exact) mass is 390 g/mol. The molecule has 0 aliphatic carbocycles. The van der Waals surface area contributed by atoms with E-state index in [2.05, 4.69) is 10.6 Å². The van der Waals surface area contributed by atoms with Crippen molar-refractivity contribution in [1.82, 2.24) is 0 Å². The molecule has 2 aromatic rings. The Labute approximate surface area is 162 Å². The lowest BCUT2D eigenvalue weighted by atomic mass is 10.2. The number of rotatable bonds is 6. The van der Waals surface area contributed by atoms with Crippen LogP contribution < -0.4 is 10.6 Å². The van der Waals surface area contributed by atoms with E-state index in [1.807, 2.05) is 0 Å². The average molecular weight is 390 g/mol. The summed E-state index contributed by atoms with van der Waals surface area (Å²) in [4.78, 5) is 24.2. The van der Waals surface area contributed by atoms with E-state index in [1.54, 1.807) is 63.2 Å². The van der Waals surface area contributed by atoms with Crippen LogP contribution in [0.2, 0.25) is 0 Å². The lowest BCUT2D eigenvalue weighted by Gasteiger charge is -2.19. The number of carbonyl (C=O) groups excluding carboxylic acids is 2. The molecule has 0 spiro atoms. The number of thioether (sulfide) groups is 1. The molecule has 2 N–H and O–H groups in total. The second-order valence-corrected chi connectivity index (χ2v) is 7.92. The van der Waals surface area contributed by atoms with Crippen molar-refractivity contribution >= 4 is 35.1 Å². The van der Waals surface area contributed by atoms with Crippen molar-refractivity contribution < 1.29 is 18.7 Å². The molecule has 0 unspecified atom stereocenters. The van der Waals surface area contributed by atoms with Gasteiger partial charge in [0.2, 0.25) is 5.91 Å². The van der Waals surface area contributed by atoms with Crippen molar-refractivity contribution in [2.24, 2.45) is 0 Å². The highest BCUT2D eigenvalue weighted by atomic mass is 32.2. The molecule has 2 rings (SSSR count). The fourth-order valence-electron chi connectivity index (χ4n) is 2.10. The number of nitrogens with one attached hydrogen (secondary N) is 2. The second-order valence-electron chi connectivity index (χ2n) is 6.78. The maximum Gasteiger partial charge on any atom is 0.412 e. The molecule has 0 bridgehead atoms. The Morgan fingerprint density at radius 1 is 1.00 bits per heavy atom. The van der Waals surface area contributed by atoms with Crippen LogP contribution in [0.25, 0.3) is 0 Å². The molecule has 0 radical (unpaired) electrons. The smallest absolute Gasteiger partial charge is 0.412 e. The first-order valence-corrected chi connectivity index (χ1v) is 9.49. The van der Waals surface area contributed by atoms with Gasteiger partial charge in [-0.1, -0.05) is 12.1 Å². The van der Waals surface area contributed by atoms with Crippen molar-refractivity contribution in [2.45, 2.75) is 37.7 Å². The molecule has 2 aromatic carbocycles. The Morgan fingerprint density at radius 2 is 1.59 bits per heavy atom. The van der Waals surface area contributed by atoms with Gasteiger partial charge >= 0.3 is 6.09 Å². The Kier molecular flexibility index (Phi) is 7.24. The number of hydrogen-bond acceptors (Lipinski definition) is 4. The molecule has 144 valence electrons. The van der Waals surface area contributed by atoms with E-state index in [4.69, 9.17) is 4.74 Å². The molecule has 0 aromatic heterocycles. The molecule has 5 nitrogen and oxygen atoms in total. The average Bonchev–Trinajstić information content (AvgIpc) is 2.57. The van der Waals surface area contributed by atoms with Crippen LogP contribution in [0.1, 0.15) is 27.2 Å². The Hall–Kier alpha value is -2.54. The van der Waals surface area contributed by atoms with Crippen LogP contribution in [0, 0.1) is 5.82 Å². The highest BCUT2D eigenvalue weighted by Crippen LogP contribution is 2.22. The van der Waals surface area contributed by atoms with E-state index < -0.39 is 11.7 Å². The quantitative estimate of drug-likeness (QED) is 0.658. The van der Waals surface area contributed by atoms with E-state index in [0.717, 1.165) is 0 Å². The minimum absolute atomic E-state index is 0.160. The maximum absolute atomic E-state index is 13.5. The summed E-state index contributed by atoms with van der Waals surface area (Å²) in [7, 11) is 0. The molecule has 0 heterocycles. The topological polar surface area (TPSA) is 67.4 Å². The lowest BCUT2D eigenvalue weighted by Crippen LogP contribution is -2.27. The van der Waals surface area contributed by atoms with Gasteiger partial charge in [-0.25, -0.2) is 9.18 Å². The molecular formula is C20H23FN2O3S. The standard InChI is InChI=1S/C20H23FN2O3S/c1-20(2,3)26-19(25)23-15-10-8-14(9-11-15)22-18(24)12-13-27-17-7-5-4-6-16(17)21/h4-11H,12-13H2,1-3H3,(H,22,24)(H,23,25). The number of hydrogen-bond donors (Lipinski definition) is 2. The van der Waals surface area contributed by atoms with Crippen LogP contribution in [0.3, 0.4) is 0 Å². The molecule has 7 heteroatoms. The van der Waals surface area contributed by atoms with Crippen molar-refractivity contribution in [3.05, 3.63) is 54.3 Å². The van der Waals surface area contributed by atoms with Crippen LogP contribution in [0.5, 0.6) is 0 Å². The van der Waals surface area contributed by atoms with E-state index in [-0.39, 0.29) is 18.1 Å². The zero-order chi connectivity index (χ0) is 19.9. The molecule has 2 amide bonds. The molecule has 0 aliphatic rings. The number of ether oxygens (including phenoxy) is 1. The number of benzene rings is 2. The molecule has 0 saturated carbocycles. The summed E-state index contributed by atoms with van der Waals surface area (Å²) in [6, 6.07) is 13.2. The summed E-state index contributed by atoms with van der Waals surface area (Å²) in [5, 5.41) is 5.40. The van der Waals surface area contributed by atoms with Crippen molar-refractivity contribution in [3.8, 4) is 0 Å². The van der Waals surface area contributed by atoms with Gasteiger partial charge in [-0.05, 0) is 57.2 Å². The Bertz CT molecular complexity index is 789. The summed E-state index contributed by atoms with van der Waals surface area (Å²) in [5.74, 6) is 0.0353. The van der Waals surface area contributed by atoms with Crippen LogP contribution in [0.4, 0.5) is 20.6 Å². The van der Waals surface area contributed by atoms with Crippen LogP contribution >= 0.6 is 11.8 Å². The molecule has 27 heavy (non-hydrogen) atoms. The van der Waals surface area contributed by atoms with Gasteiger partial charge in [0.05, 0.1) is 0 Å². The first-order chi connectivity index (χ1) is 12.7. The highest BCUT2D eigenvalue weighted by Gasteiger charge is 2.16. The van der Waals surface area contributed by atoms with Crippen LogP contribution in [-0.4, -0.2) is 23.4 Å². The van der Waals surface area contributed by atoms with Gasteiger partial charge in [-0.15, -0.1) is 11.8 Å². The zero-order valence-corrected chi connectivity index (χ0v) is 16.4. The number of anilines is 2. The van der Waals surface area contributed by atoms with Crippen molar-refractivity contribution in [3.63, 3.8) is 0 Å². The fraction of sp³-hybridized carbons (Fsp3) is 0.300. The predicted molar refractivity (Wildman–Crippen MR) is 107 cm³/mol. The van der Waals surface area contributed by atoms with Gasteiger partial charge in [0.15, 0.2) is 0 Å². The molecule has 0 aliphatic heterocycles. The van der Waals surface area contributed by atoms with Gasteiger partial charge in [0.25, 0.3) is 0 Å². The number of carbonyl (C=O) groups is 2. The fourth-order valence-corrected chi connectivity index (χ4v) is 2.99. The number of halogens is 1. The SMILES string of the molecule is CC(C)(C)OC(=O)Nc1ccc(NC(=O)CCSc2ccccc2F)cc1. The van der Waals surface area contributed by atoms with Gasteiger partial charge in [-0.3, -0.25) is 10.1 Å². The van der Waals surface area contributed by atoms with Crippen molar-refractivity contribution in [1.29, 1.82) is 0 Å². The minimum atomic E-state index is -0.571. The summed E-state index contributed by atoms with van der Waals surface area (Å²) >= 11 is 1.30. The van der Waals surface area contributed by atoms with E-state index in [1.165, 1.54) is 17.8 Å². The minimum Gasteiger partial charge on any atom is -0.444 e. The maximum atomic E-state index is 13.5. The van der Waals surface area contributed by atoms with Gasteiger partial charge in [0, 0.05) is 28.4 Å². The normalized spacial score (nSPS) is 11.0. The predicted octanol–water partition coefficient (Wildman–Crippen LogP) is 5.29. The lowest BCUT2D eigenvalue weighted by molar-refractivity contribution is -0.115. The molecule has 0 saturated heterocycles. The van der Waals surface area contributed by atoms with Crippen LogP contribution in [-0.2, 0) is 9.53 Å². The summed E-state index contributed by atoms with van der Waals surface area (Å²) < 4.78 is 18.7. The third-order valence-corrected chi connectivity index (χ3v) is 4.29. The molecule has 0 fully saturated rings. The van der Waals surface area contributed by atoms with Crippen LogP contribution in [0.15, 0.2) is 53.4 Å². The van der Waals surface area contributed by atoms with Gasteiger partial charge in [-0.2, -0.15) is 0 Å². The summed E-state index contributed by atoms with van der Waals surface area (Å²) in [6.45, 7) is 5.36. The zero-order valence-electron chi connectivity index (χ0n) is 15.5. The van der Waals surface area contributed by atoms with Crippen molar-refractivity contribution in [2.75, 3.05) is 16.4 Å². The van der Waals surface area contributed by atoms with Gasteiger partial charge < -0.3 is 10.1 Å². The Morgan fingerprint density at radius 3 is 2.19 bits per heavy atom. The second kappa shape index (κ2) is 9.41. The third-order valence-electron chi connectivity index (χ3n) is 3.24. The third kappa shape index (κ3) is 7.70. The summed E-state index contributed by atoms with van der Waals surface area (Å²) in [5.41, 5.74) is 0.613. The largest absolute Gasteiger partial charge is 0.444 e. The van der Waals surface area contributed by atoms with E-state index in [9.17, 15) is 14.0 Å². The van der Waals surface area contributed by atoms with E-state index in [0.29, 0.717) is 22.0 Å². The molecular weight excluding hydrogens is 367 g/mol. The highest BCUT2D eigenvalue weighted by molar-refractivity contribution is 7.99. The van der Waals surface area contributed by atoms with E-state index >= 15 is 0 Å². The number of amides is 2. The first-order valence-electron chi connectivity index (χ1n) is 8.50. The summed E-state index contributed by atoms with van der Waals surface area (Å²) in [6.07, 6.45) is -0.277. The Balaban J connectivity index is 1.77. The molecule has 0 atom stereocenters.